The van der Waals surface area contributed by atoms with Crippen LogP contribution in [0.5, 0.6) is 0 Å². The zero-order valence-corrected chi connectivity index (χ0v) is 21.8. The van der Waals surface area contributed by atoms with Gasteiger partial charge in [-0.25, -0.2) is 14.3 Å². The third kappa shape index (κ3) is 4.28. The highest BCUT2D eigenvalue weighted by molar-refractivity contribution is 8.00. The van der Waals surface area contributed by atoms with E-state index in [1.165, 1.54) is 23.8 Å². The molecule has 4 N–H and O–H groups in total. The molecule has 3 aromatic heterocycles. The summed E-state index contributed by atoms with van der Waals surface area (Å²) < 4.78 is 3.71. The highest BCUT2D eigenvalue weighted by atomic mass is 35.5. The van der Waals surface area contributed by atoms with Crippen LogP contribution in [0.2, 0.25) is 4.34 Å². The Balaban J connectivity index is 1.38. The van der Waals surface area contributed by atoms with Crippen LogP contribution in [0.25, 0.3) is 5.65 Å². The molecule has 0 unspecified atom stereocenters. The van der Waals surface area contributed by atoms with Crippen molar-refractivity contribution in [2.45, 2.75) is 24.9 Å². The number of thioether (sulfide) groups is 1. The summed E-state index contributed by atoms with van der Waals surface area (Å²) in [6.45, 7) is 2.16. The van der Waals surface area contributed by atoms with Gasteiger partial charge in [0.15, 0.2) is 10.8 Å². The molecule has 192 valence electrons. The van der Waals surface area contributed by atoms with Crippen molar-refractivity contribution < 1.29 is 28.9 Å². The summed E-state index contributed by atoms with van der Waals surface area (Å²) >= 11 is 8.43. The molecule has 0 aliphatic carbocycles. The first kappa shape index (κ1) is 25.0. The molecule has 0 spiro atoms. The Morgan fingerprint density at radius 1 is 1.43 bits per heavy atom. The van der Waals surface area contributed by atoms with Crippen LogP contribution in [0.1, 0.15) is 11.4 Å². The number of hydrogen-bond donors (Lipinski definition) is 3. The van der Waals surface area contributed by atoms with Gasteiger partial charge in [-0.05, 0) is 13.0 Å². The quantitative estimate of drug-likeness (QED) is 0.159. The first-order chi connectivity index (χ1) is 17.7. The van der Waals surface area contributed by atoms with E-state index in [4.69, 9.17) is 22.2 Å². The smallest absolute Gasteiger partial charge is 0.352 e. The lowest BCUT2D eigenvalue weighted by Crippen LogP contribution is -2.71. The molecular formula is C21H20ClN8O5S2+. The molecule has 5 heterocycles. The monoisotopic (exact) mass is 563 g/mol. The van der Waals surface area contributed by atoms with E-state index in [2.05, 4.69) is 20.6 Å². The number of nitrogen functional groups attached to an aromatic ring is 1. The average Bonchev–Trinajstić information content (AvgIpc) is 3.43. The Morgan fingerprint density at radius 3 is 2.89 bits per heavy atom. The Bertz CT molecular complexity index is 1520. The summed E-state index contributed by atoms with van der Waals surface area (Å²) in [5.74, 6) is -2.19. The van der Waals surface area contributed by atoms with Crippen molar-refractivity contribution in [3.05, 3.63) is 51.5 Å². The Kier molecular flexibility index (Phi) is 6.51. The van der Waals surface area contributed by atoms with Gasteiger partial charge in [-0.1, -0.05) is 38.7 Å². The summed E-state index contributed by atoms with van der Waals surface area (Å²) in [6, 6.07) is 4.71. The molecular weight excluding hydrogens is 544 g/mol. The minimum Gasteiger partial charge on any atom is -0.477 e. The number of pyridine rings is 1. The number of carboxylic acids is 1. The number of thiazole rings is 1. The third-order valence-corrected chi connectivity index (χ3v) is 8.28. The van der Waals surface area contributed by atoms with Crippen LogP contribution in [0, 0.1) is 6.92 Å². The second-order valence-electron chi connectivity index (χ2n) is 8.11. The molecule has 2 atom stereocenters. The van der Waals surface area contributed by atoms with Gasteiger partial charge in [-0.3, -0.25) is 14.5 Å². The number of β-lactam (4-membered cyclic amide) rings is 1. The van der Waals surface area contributed by atoms with Gasteiger partial charge in [0.2, 0.25) is 0 Å². The number of amides is 2. The first-order valence-electron chi connectivity index (χ1n) is 10.8. The number of aliphatic carboxylic acids is 1. The molecule has 16 heteroatoms. The van der Waals surface area contributed by atoms with Gasteiger partial charge in [0.05, 0.1) is 6.54 Å². The third-order valence-electron chi connectivity index (χ3n) is 5.86. The number of nitrogens with zero attached hydrogens (tertiary/aromatic N) is 6. The number of rotatable bonds is 7. The number of halogens is 1. The number of anilines is 1. The predicted molar refractivity (Wildman–Crippen MR) is 135 cm³/mol. The number of carbonyl (C=O) groups excluding carboxylic acids is 2. The molecule has 2 aliphatic heterocycles. The van der Waals surface area contributed by atoms with Gasteiger partial charge in [0, 0.05) is 22.5 Å². The topological polar surface area (TPSA) is 168 Å². The molecule has 0 radical (unpaired) electrons. The lowest BCUT2D eigenvalue weighted by molar-refractivity contribution is -0.664. The lowest BCUT2D eigenvalue weighted by Gasteiger charge is -2.49. The molecule has 37 heavy (non-hydrogen) atoms. The van der Waals surface area contributed by atoms with E-state index in [9.17, 15) is 19.5 Å². The second-order valence-corrected chi connectivity index (χ2v) is 10.8. The number of oxime groups is 1. The standard InChI is InChI=1S/C21H19ClN8O5S2/c1-9-4-3-5-11-28(8-24-30(9)11)6-10-7-36-19-14(18(32)29(19)15(10)20(33)34)25-17(31)13(27-35-2)12-16(22)37-21(23)26-12/h3-5,8,14,19H,6-7H2,1-2H3,(H3-,23,25,26,31,33,34)/p+1/b27-13-/t14-,19-/m1/s1. The molecule has 1 fully saturated rings. The number of fused-ring (bicyclic) bond motifs is 2. The molecule has 5 rings (SSSR count). The summed E-state index contributed by atoms with van der Waals surface area (Å²) in [7, 11) is 1.25. The SMILES string of the molecule is CO/N=C(\C(=O)N[C@@H]1C(=O)N2C(C(=O)O)=C(C[n+]3cnn4c(C)cccc43)CS[C@H]12)c1nc(N)sc1Cl. The van der Waals surface area contributed by atoms with E-state index in [0.717, 1.165) is 22.7 Å². The molecule has 0 bridgehead atoms. The van der Waals surface area contributed by atoms with Crippen molar-refractivity contribution in [3.8, 4) is 0 Å². The van der Waals surface area contributed by atoms with Crippen molar-refractivity contribution in [2.75, 3.05) is 18.6 Å². The maximum absolute atomic E-state index is 13.1. The number of aryl methyl sites for hydroxylation is 1. The molecule has 2 amide bonds. The van der Waals surface area contributed by atoms with Crippen LogP contribution in [0.4, 0.5) is 5.13 Å². The zero-order valence-electron chi connectivity index (χ0n) is 19.4. The number of carbonyl (C=O) groups is 3. The fourth-order valence-corrected chi connectivity index (χ4v) is 6.49. The fourth-order valence-electron chi connectivity index (χ4n) is 4.22. The maximum Gasteiger partial charge on any atom is 0.352 e. The first-order valence-corrected chi connectivity index (χ1v) is 13.0. The Labute approximate surface area is 222 Å². The second kappa shape index (κ2) is 9.64. The molecule has 13 nitrogen and oxygen atoms in total. The predicted octanol–water partition coefficient (Wildman–Crippen LogP) is 0.412. The van der Waals surface area contributed by atoms with Crippen molar-refractivity contribution >= 4 is 69.0 Å². The number of hydrogen-bond acceptors (Lipinski definition) is 10. The summed E-state index contributed by atoms with van der Waals surface area (Å²) in [5, 5.41) is 20.2. The van der Waals surface area contributed by atoms with Crippen molar-refractivity contribution in [1.29, 1.82) is 0 Å². The number of nitrogens with two attached hydrogens (primary N) is 1. The maximum atomic E-state index is 13.1. The Morgan fingerprint density at radius 2 is 2.22 bits per heavy atom. The molecule has 0 aromatic carbocycles. The van der Waals surface area contributed by atoms with Crippen LogP contribution in [0.3, 0.4) is 0 Å². The minimum absolute atomic E-state index is 0.0255. The fraction of sp³-hybridized carbons (Fsp3) is 0.286. The van der Waals surface area contributed by atoms with Crippen LogP contribution in [-0.2, 0) is 25.8 Å². The van der Waals surface area contributed by atoms with Crippen LogP contribution in [-0.4, -0.2) is 72.4 Å². The van der Waals surface area contributed by atoms with E-state index in [1.807, 2.05) is 29.7 Å². The van der Waals surface area contributed by atoms with Gasteiger partial charge in [-0.15, -0.1) is 11.8 Å². The van der Waals surface area contributed by atoms with Gasteiger partial charge in [-0.2, -0.15) is 0 Å². The largest absolute Gasteiger partial charge is 0.477 e. The van der Waals surface area contributed by atoms with Crippen LogP contribution < -0.4 is 15.6 Å². The number of aromatic nitrogens is 4. The van der Waals surface area contributed by atoms with Crippen LogP contribution >= 0.6 is 34.7 Å². The average molecular weight is 564 g/mol. The van der Waals surface area contributed by atoms with Gasteiger partial charge < -0.3 is 21.0 Å². The zero-order chi connectivity index (χ0) is 26.4. The van der Waals surface area contributed by atoms with E-state index < -0.39 is 29.2 Å². The minimum atomic E-state index is -1.22. The lowest BCUT2D eigenvalue weighted by atomic mass is 10.0. The van der Waals surface area contributed by atoms with E-state index in [0.29, 0.717) is 11.3 Å². The van der Waals surface area contributed by atoms with Gasteiger partial charge in [0.1, 0.15) is 39.9 Å². The summed E-state index contributed by atoms with van der Waals surface area (Å²) in [5.41, 5.74) is 7.62. The summed E-state index contributed by atoms with van der Waals surface area (Å²) in [6.07, 6.45) is 1.62. The van der Waals surface area contributed by atoms with Gasteiger partial charge in [0.25, 0.3) is 23.8 Å². The normalized spacial score (nSPS) is 19.6. The van der Waals surface area contributed by atoms with E-state index in [1.54, 1.807) is 10.8 Å². The van der Waals surface area contributed by atoms with E-state index >= 15 is 0 Å². The highest BCUT2D eigenvalue weighted by Crippen LogP contribution is 2.40. The highest BCUT2D eigenvalue weighted by Gasteiger charge is 2.54. The number of carboxylic acid groups (broad SMARTS) is 1. The molecule has 2 aliphatic rings. The van der Waals surface area contributed by atoms with Gasteiger partial charge >= 0.3 is 5.97 Å². The van der Waals surface area contributed by atoms with Crippen molar-refractivity contribution in [2.24, 2.45) is 5.16 Å². The van der Waals surface area contributed by atoms with Crippen molar-refractivity contribution in [1.82, 2.24) is 24.8 Å². The molecule has 3 aromatic rings. The number of nitrogens with one attached hydrogen (secondary N) is 1. The van der Waals surface area contributed by atoms with Crippen LogP contribution in [0.15, 0.2) is 41.0 Å². The molecule has 0 saturated carbocycles. The Hall–Kier alpha value is -3.69. The molecule has 1 saturated heterocycles. The van der Waals surface area contributed by atoms with Crippen molar-refractivity contribution in [3.63, 3.8) is 0 Å². The summed E-state index contributed by atoms with van der Waals surface area (Å²) in [4.78, 5) is 48.3. The van der Waals surface area contributed by atoms with E-state index in [-0.39, 0.29) is 33.1 Å².